The third-order valence-electron chi connectivity index (χ3n) is 5.16. The highest BCUT2D eigenvalue weighted by molar-refractivity contribution is 6.01. The second-order valence-electron chi connectivity index (χ2n) is 7.54. The molecule has 29 heavy (non-hydrogen) atoms. The Balaban J connectivity index is 1.96. The number of hydrogen-bond acceptors (Lipinski definition) is 3. The molecule has 2 atom stereocenters. The molecule has 3 aromatic rings. The van der Waals surface area contributed by atoms with Crippen molar-refractivity contribution in [2.45, 2.75) is 45.5 Å². The second-order valence-corrected chi connectivity index (χ2v) is 7.54. The highest BCUT2D eigenvalue weighted by Crippen LogP contribution is 2.31. The van der Waals surface area contributed by atoms with Gasteiger partial charge < -0.3 is 9.84 Å². The Hall–Kier alpha value is -2.75. The molecule has 0 saturated heterocycles. The van der Waals surface area contributed by atoms with Crippen molar-refractivity contribution in [2.75, 3.05) is 0 Å². The topological polar surface area (TPSA) is 46.5 Å². The number of Topliss-reactive ketones (excluding diaryl/α,β-unsaturated/α-hetero) is 1. The zero-order valence-electron chi connectivity index (χ0n) is 17.3. The third-order valence-corrected chi connectivity index (χ3v) is 5.16. The first-order chi connectivity index (χ1) is 13.9. The monoisotopic (exact) mass is 388 g/mol. The number of aryl methyl sites for hydroxylation is 2. The fourth-order valence-corrected chi connectivity index (χ4v) is 3.32. The number of ketones is 1. The van der Waals surface area contributed by atoms with Crippen LogP contribution in [0.15, 0.2) is 78.9 Å². The Kier molecular flexibility index (Phi) is 6.63. The minimum absolute atomic E-state index is 0.307. The minimum Gasteiger partial charge on any atom is -0.356 e. The van der Waals surface area contributed by atoms with E-state index in [2.05, 4.69) is 0 Å². The number of aliphatic hydroxyl groups is 1. The van der Waals surface area contributed by atoms with Gasteiger partial charge in [0.1, 0.15) is 0 Å². The predicted octanol–water partition coefficient (Wildman–Crippen LogP) is 5.37. The van der Waals surface area contributed by atoms with Crippen molar-refractivity contribution in [3.8, 4) is 0 Å². The van der Waals surface area contributed by atoms with E-state index < -0.39 is 11.6 Å². The van der Waals surface area contributed by atoms with Crippen LogP contribution in [0.3, 0.4) is 0 Å². The third kappa shape index (κ3) is 5.00. The lowest BCUT2D eigenvalue weighted by Crippen LogP contribution is -2.42. The molecule has 0 spiro atoms. The van der Waals surface area contributed by atoms with Crippen molar-refractivity contribution in [3.05, 3.63) is 107 Å². The number of carbonyl (C=O) groups is 1. The normalized spacial score (nSPS) is 14.2. The largest absolute Gasteiger partial charge is 0.356 e. The Morgan fingerprint density at radius 3 is 2.00 bits per heavy atom. The van der Waals surface area contributed by atoms with Crippen LogP contribution in [0.25, 0.3) is 0 Å². The average molecular weight is 389 g/mol. The van der Waals surface area contributed by atoms with E-state index >= 15 is 0 Å². The fraction of sp³-hybridized carbons (Fsp3) is 0.269. The van der Waals surface area contributed by atoms with E-state index in [1.54, 1.807) is 24.3 Å². The highest BCUT2D eigenvalue weighted by Gasteiger charge is 2.41. The molecule has 0 aliphatic heterocycles. The molecule has 3 nitrogen and oxygen atoms in total. The average Bonchev–Trinajstić information content (AvgIpc) is 2.74. The zero-order valence-corrected chi connectivity index (χ0v) is 17.3. The fourth-order valence-electron chi connectivity index (χ4n) is 3.32. The van der Waals surface area contributed by atoms with E-state index in [1.165, 1.54) is 0 Å². The number of hydrogen-bond donors (Lipinski definition) is 1. The molecule has 0 amide bonds. The van der Waals surface area contributed by atoms with Crippen LogP contribution in [0.4, 0.5) is 0 Å². The molecule has 0 radical (unpaired) electrons. The molecule has 0 bridgehead atoms. The maximum Gasteiger partial charge on any atom is 0.259 e. The molecule has 0 aliphatic carbocycles. The van der Waals surface area contributed by atoms with Crippen LogP contribution in [0.2, 0.25) is 0 Å². The summed E-state index contributed by atoms with van der Waals surface area (Å²) in [6.45, 7) is 5.93. The number of benzene rings is 3. The van der Waals surface area contributed by atoms with Crippen LogP contribution in [0.1, 0.15) is 46.0 Å². The molecule has 3 rings (SSSR count). The summed E-state index contributed by atoms with van der Waals surface area (Å²) in [5.41, 5.74) is 4.08. The Labute approximate surface area is 173 Å². The van der Waals surface area contributed by atoms with Crippen LogP contribution in [-0.2, 0) is 16.9 Å². The molecule has 2 unspecified atom stereocenters. The first-order valence-electron chi connectivity index (χ1n) is 10.0. The van der Waals surface area contributed by atoms with Gasteiger partial charge in [-0.15, -0.1) is 0 Å². The summed E-state index contributed by atoms with van der Waals surface area (Å²) >= 11 is 0. The maximum absolute atomic E-state index is 13.4. The first kappa shape index (κ1) is 21.0. The Morgan fingerprint density at radius 1 is 0.897 bits per heavy atom. The lowest BCUT2D eigenvalue weighted by Gasteiger charge is -2.32. The van der Waals surface area contributed by atoms with Gasteiger partial charge in [0.15, 0.2) is 0 Å². The summed E-state index contributed by atoms with van der Waals surface area (Å²) in [5, 5.41) is 11.6. The van der Waals surface area contributed by atoms with Crippen molar-refractivity contribution in [2.24, 2.45) is 0 Å². The highest BCUT2D eigenvalue weighted by atomic mass is 16.6. The molecule has 0 aromatic heterocycles. The summed E-state index contributed by atoms with van der Waals surface area (Å²) < 4.78 is 6.17. The van der Waals surface area contributed by atoms with Crippen LogP contribution in [0, 0.1) is 13.8 Å². The summed E-state index contributed by atoms with van der Waals surface area (Å²) in [4.78, 5) is 13.4. The van der Waals surface area contributed by atoms with Gasteiger partial charge in [0, 0.05) is 11.1 Å². The van der Waals surface area contributed by atoms with Gasteiger partial charge in [-0.3, -0.25) is 4.79 Å². The summed E-state index contributed by atoms with van der Waals surface area (Å²) in [6, 6.07) is 24.5. The Morgan fingerprint density at radius 2 is 1.45 bits per heavy atom. The standard InChI is InChI=1S/C26H28O3/c1-4-24(18-21-8-6-5-7-9-21)29-26(28,23-16-12-20(3)13-17-23)25(27)22-14-10-19(2)11-15-22/h5-17,24,28H,4,18H2,1-3H3. The zero-order chi connectivity index (χ0) is 20.9. The molecule has 0 heterocycles. The molecule has 3 heteroatoms. The SMILES string of the molecule is CCC(Cc1ccccc1)OC(O)(C(=O)c1ccc(C)cc1)c1ccc(C)cc1. The van der Waals surface area contributed by atoms with Crippen LogP contribution in [0.5, 0.6) is 0 Å². The van der Waals surface area contributed by atoms with Crippen molar-refractivity contribution < 1.29 is 14.6 Å². The van der Waals surface area contributed by atoms with Gasteiger partial charge in [-0.25, -0.2) is 0 Å². The molecule has 0 aliphatic rings. The van der Waals surface area contributed by atoms with Crippen LogP contribution in [-0.4, -0.2) is 17.0 Å². The van der Waals surface area contributed by atoms with E-state index in [0.717, 1.165) is 16.7 Å². The molecule has 150 valence electrons. The Bertz CT molecular complexity index is 930. The van der Waals surface area contributed by atoms with Gasteiger partial charge in [-0.1, -0.05) is 96.9 Å². The molecule has 1 N–H and O–H groups in total. The first-order valence-corrected chi connectivity index (χ1v) is 10.0. The van der Waals surface area contributed by atoms with Crippen LogP contribution >= 0.6 is 0 Å². The lowest BCUT2D eigenvalue weighted by molar-refractivity contribution is -0.202. The van der Waals surface area contributed by atoms with Crippen molar-refractivity contribution in [3.63, 3.8) is 0 Å². The lowest BCUT2D eigenvalue weighted by atomic mass is 9.94. The van der Waals surface area contributed by atoms with Gasteiger partial charge in [-0.05, 0) is 32.3 Å². The molecular formula is C26H28O3. The summed E-state index contributed by atoms with van der Waals surface area (Å²) in [6.07, 6.45) is 0.981. The smallest absolute Gasteiger partial charge is 0.259 e. The van der Waals surface area contributed by atoms with Gasteiger partial charge in [0.05, 0.1) is 6.10 Å². The summed E-state index contributed by atoms with van der Waals surface area (Å²) in [5.74, 6) is -2.49. The van der Waals surface area contributed by atoms with Gasteiger partial charge in [0.25, 0.3) is 5.79 Å². The van der Waals surface area contributed by atoms with Gasteiger partial charge in [0.2, 0.25) is 5.78 Å². The molecule has 3 aromatic carbocycles. The van der Waals surface area contributed by atoms with Gasteiger partial charge >= 0.3 is 0 Å². The quantitative estimate of drug-likeness (QED) is 0.417. The maximum atomic E-state index is 13.4. The summed E-state index contributed by atoms with van der Waals surface area (Å²) in [7, 11) is 0. The van der Waals surface area contributed by atoms with Crippen molar-refractivity contribution in [1.29, 1.82) is 0 Å². The van der Waals surface area contributed by atoms with Crippen LogP contribution < -0.4 is 0 Å². The van der Waals surface area contributed by atoms with E-state index in [1.807, 2.05) is 75.4 Å². The molecule has 0 fully saturated rings. The molecular weight excluding hydrogens is 360 g/mol. The number of carbonyl (C=O) groups excluding carboxylic acids is 1. The molecule has 0 saturated carbocycles. The van der Waals surface area contributed by atoms with E-state index in [0.29, 0.717) is 24.0 Å². The van der Waals surface area contributed by atoms with E-state index in [4.69, 9.17) is 4.74 Å². The van der Waals surface area contributed by atoms with E-state index in [-0.39, 0.29) is 6.10 Å². The van der Waals surface area contributed by atoms with Crippen molar-refractivity contribution >= 4 is 5.78 Å². The van der Waals surface area contributed by atoms with Crippen molar-refractivity contribution in [1.82, 2.24) is 0 Å². The minimum atomic E-state index is -2.04. The van der Waals surface area contributed by atoms with Gasteiger partial charge in [-0.2, -0.15) is 0 Å². The number of rotatable bonds is 8. The predicted molar refractivity (Wildman–Crippen MR) is 116 cm³/mol. The number of ether oxygens (including phenoxy) is 1. The second kappa shape index (κ2) is 9.17. The van der Waals surface area contributed by atoms with E-state index in [9.17, 15) is 9.90 Å².